The Balaban J connectivity index is 1.69. The molecule has 0 unspecified atom stereocenters. The Morgan fingerprint density at radius 2 is 1.92 bits per heavy atom. The lowest BCUT2D eigenvalue weighted by molar-refractivity contribution is -0.129. The van der Waals surface area contributed by atoms with Crippen molar-refractivity contribution in [2.24, 2.45) is 5.73 Å². The average Bonchev–Trinajstić information content (AvgIpc) is 3.00. The maximum Gasteiger partial charge on any atom is 0.219 e. The number of carbonyl (C=O) groups is 1. The smallest absolute Gasteiger partial charge is 0.219 e. The van der Waals surface area contributed by atoms with Gasteiger partial charge < -0.3 is 15.6 Å². The summed E-state index contributed by atoms with van der Waals surface area (Å²) in [6, 6.07) is 14.5. The molecule has 0 aliphatic rings. The standard InChI is InChI=1S/C22H27N3O/c1-15-8-9-18(10-16(15)2)13-25(17(3)26)14-20(23)11-19-12-24-22-7-5-4-6-21(19)22/h4-10,12,20,24H,11,13-14,23H2,1-3H3/t20-/m1/s1. The molecule has 2 aromatic carbocycles. The summed E-state index contributed by atoms with van der Waals surface area (Å²) >= 11 is 0. The number of benzene rings is 2. The summed E-state index contributed by atoms with van der Waals surface area (Å²) in [5.74, 6) is 0.0533. The summed E-state index contributed by atoms with van der Waals surface area (Å²) < 4.78 is 0. The number of para-hydroxylation sites is 1. The number of H-pyrrole nitrogens is 1. The van der Waals surface area contributed by atoms with Gasteiger partial charge in [0.25, 0.3) is 0 Å². The number of rotatable bonds is 6. The van der Waals surface area contributed by atoms with Gasteiger partial charge in [0.05, 0.1) is 0 Å². The van der Waals surface area contributed by atoms with Crippen LogP contribution in [-0.2, 0) is 17.8 Å². The van der Waals surface area contributed by atoms with Crippen molar-refractivity contribution in [2.45, 2.75) is 39.8 Å². The van der Waals surface area contributed by atoms with E-state index in [9.17, 15) is 4.79 Å². The highest BCUT2D eigenvalue weighted by Gasteiger charge is 2.16. The van der Waals surface area contributed by atoms with E-state index in [1.165, 1.54) is 22.1 Å². The molecule has 4 nitrogen and oxygen atoms in total. The van der Waals surface area contributed by atoms with Crippen LogP contribution in [-0.4, -0.2) is 28.4 Å². The minimum absolute atomic E-state index is 0.0533. The molecular formula is C22H27N3O. The zero-order valence-electron chi connectivity index (χ0n) is 15.8. The van der Waals surface area contributed by atoms with Gasteiger partial charge in [-0.3, -0.25) is 4.79 Å². The first kappa shape index (κ1) is 18.2. The van der Waals surface area contributed by atoms with Crippen LogP contribution in [0.2, 0.25) is 0 Å². The van der Waals surface area contributed by atoms with Gasteiger partial charge in [-0.2, -0.15) is 0 Å². The second kappa shape index (κ2) is 7.75. The molecule has 0 fully saturated rings. The molecule has 0 spiro atoms. The molecule has 1 heterocycles. The van der Waals surface area contributed by atoms with Crippen LogP contribution in [0.3, 0.4) is 0 Å². The van der Waals surface area contributed by atoms with Gasteiger partial charge in [0.15, 0.2) is 0 Å². The van der Waals surface area contributed by atoms with E-state index in [0.29, 0.717) is 13.1 Å². The molecule has 4 heteroatoms. The van der Waals surface area contributed by atoms with E-state index in [4.69, 9.17) is 5.73 Å². The molecule has 0 aliphatic heterocycles. The van der Waals surface area contributed by atoms with Crippen molar-refractivity contribution >= 4 is 16.8 Å². The summed E-state index contributed by atoms with van der Waals surface area (Å²) in [5, 5.41) is 1.20. The van der Waals surface area contributed by atoms with Crippen molar-refractivity contribution in [3.05, 3.63) is 70.9 Å². The van der Waals surface area contributed by atoms with E-state index in [1.54, 1.807) is 6.92 Å². The molecule has 136 valence electrons. The van der Waals surface area contributed by atoms with Crippen molar-refractivity contribution in [3.63, 3.8) is 0 Å². The van der Waals surface area contributed by atoms with Gasteiger partial charge in [-0.1, -0.05) is 36.4 Å². The molecular weight excluding hydrogens is 322 g/mol. The summed E-state index contributed by atoms with van der Waals surface area (Å²) in [5.41, 5.74) is 12.4. The minimum Gasteiger partial charge on any atom is -0.361 e. The van der Waals surface area contributed by atoms with Crippen LogP contribution in [0.4, 0.5) is 0 Å². The number of aromatic nitrogens is 1. The highest BCUT2D eigenvalue weighted by atomic mass is 16.2. The highest BCUT2D eigenvalue weighted by Crippen LogP contribution is 2.19. The zero-order chi connectivity index (χ0) is 18.7. The van der Waals surface area contributed by atoms with Gasteiger partial charge in [-0.15, -0.1) is 0 Å². The average molecular weight is 349 g/mol. The number of nitrogens with two attached hydrogens (primary N) is 1. The van der Waals surface area contributed by atoms with Gasteiger partial charge in [-0.25, -0.2) is 0 Å². The van der Waals surface area contributed by atoms with Crippen molar-refractivity contribution in [2.75, 3.05) is 6.54 Å². The lowest BCUT2D eigenvalue weighted by atomic mass is 10.0. The third kappa shape index (κ3) is 4.14. The van der Waals surface area contributed by atoms with Crippen LogP contribution in [0.1, 0.15) is 29.2 Å². The number of hydrogen-bond donors (Lipinski definition) is 2. The molecule has 1 amide bonds. The third-order valence-corrected chi connectivity index (χ3v) is 5.00. The summed E-state index contributed by atoms with van der Waals surface area (Å²) in [6.07, 6.45) is 2.76. The fourth-order valence-electron chi connectivity index (χ4n) is 3.36. The molecule has 3 N–H and O–H groups in total. The van der Waals surface area contributed by atoms with Gasteiger partial charge in [0.2, 0.25) is 5.91 Å². The number of carbonyl (C=O) groups excluding carboxylic acids is 1. The summed E-state index contributed by atoms with van der Waals surface area (Å²) in [6.45, 7) is 6.94. The van der Waals surface area contributed by atoms with Crippen molar-refractivity contribution in [3.8, 4) is 0 Å². The molecule has 3 rings (SSSR count). The Labute approximate surface area is 155 Å². The zero-order valence-corrected chi connectivity index (χ0v) is 15.8. The monoisotopic (exact) mass is 349 g/mol. The fourth-order valence-corrected chi connectivity index (χ4v) is 3.36. The van der Waals surface area contributed by atoms with E-state index in [-0.39, 0.29) is 11.9 Å². The largest absolute Gasteiger partial charge is 0.361 e. The maximum atomic E-state index is 12.1. The van der Waals surface area contributed by atoms with Crippen molar-refractivity contribution in [1.82, 2.24) is 9.88 Å². The van der Waals surface area contributed by atoms with E-state index >= 15 is 0 Å². The first-order valence-corrected chi connectivity index (χ1v) is 9.06. The van der Waals surface area contributed by atoms with Crippen LogP contribution < -0.4 is 5.73 Å². The lowest BCUT2D eigenvalue weighted by Gasteiger charge is -2.25. The van der Waals surface area contributed by atoms with Crippen LogP contribution in [0.15, 0.2) is 48.7 Å². The van der Waals surface area contributed by atoms with Crippen LogP contribution in [0, 0.1) is 13.8 Å². The predicted octanol–water partition coefficient (Wildman–Crippen LogP) is 3.70. The topological polar surface area (TPSA) is 62.1 Å². The van der Waals surface area contributed by atoms with Gasteiger partial charge in [0.1, 0.15) is 0 Å². The summed E-state index contributed by atoms with van der Waals surface area (Å²) in [4.78, 5) is 17.2. The SMILES string of the molecule is CC(=O)N(Cc1ccc(C)c(C)c1)C[C@H](N)Cc1c[nH]c2ccccc12. The van der Waals surface area contributed by atoms with E-state index < -0.39 is 0 Å². The Hall–Kier alpha value is -2.59. The molecule has 26 heavy (non-hydrogen) atoms. The Morgan fingerprint density at radius 1 is 1.15 bits per heavy atom. The molecule has 0 saturated carbocycles. The quantitative estimate of drug-likeness (QED) is 0.713. The molecule has 1 aromatic heterocycles. The minimum atomic E-state index is -0.107. The lowest BCUT2D eigenvalue weighted by Crippen LogP contribution is -2.40. The van der Waals surface area contributed by atoms with E-state index in [1.807, 2.05) is 23.2 Å². The summed E-state index contributed by atoms with van der Waals surface area (Å²) in [7, 11) is 0. The first-order valence-electron chi connectivity index (χ1n) is 9.06. The number of hydrogen-bond acceptors (Lipinski definition) is 2. The number of amides is 1. The number of aryl methyl sites for hydroxylation is 2. The van der Waals surface area contributed by atoms with Gasteiger partial charge >= 0.3 is 0 Å². The van der Waals surface area contributed by atoms with Crippen LogP contribution >= 0.6 is 0 Å². The molecule has 1 atom stereocenters. The highest BCUT2D eigenvalue weighted by molar-refractivity contribution is 5.83. The molecule has 0 radical (unpaired) electrons. The van der Waals surface area contributed by atoms with E-state index in [0.717, 1.165) is 17.5 Å². The second-order valence-corrected chi connectivity index (χ2v) is 7.14. The Morgan fingerprint density at radius 3 is 2.65 bits per heavy atom. The molecule has 0 saturated heterocycles. The number of nitrogens with zero attached hydrogens (tertiary/aromatic N) is 1. The van der Waals surface area contributed by atoms with Crippen molar-refractivity contribution < 1.29 is 4.79 Å². The molecule has 3 aromatic rings. The van der Waals surface area contributed by atoms with E-state index in [2.05, 4.69) is 49.2 Å². The van der Waals surface area contributed by atoms with Crippen LogP contribution in [0.25, 0.3) is 10.9 Å². The Kier molecular flexibility index (Phi) is 5.43. The third-order valence-electron chi connectivity index (χ3n) is 5.00. The van der Waals surface area contributed by atoms with Crippen molar-refractivity contribution in [1.29, 1.82) is 0 Å². The maximum absolute atomic E-state index is 12.1. The van der Waals surface area contributed by atoms with Crippen LogP contribution in [0.5, 0.6) is 0 Å². The Bertz CT molecular complexity index is 913. The number of fused-ring (bicyclic) bond motifs is 1. The fraction of sp³-hybridized carbons (Fsp3) is 0.318. The number of aromatic amines is 1. The predicted molar refractivity (Wildman–Crippen MR) is 107 cm³/mol. The number of nitrogens with one attached hydrogen (secondary N) is 1. The molecule has 0 aliphatic carbocycles. The second-order valence-electron chi connectivity index (χ2n) is 7.14. The van der Waals surface area contributed by atoms with Gasteiger partial charge in [-0.05, 0) is 48.6 Å². The normalized spacial score (nSPS) is 12.3. The molecule has 0 bridgehead atoms. The first-order chi connectivity index (χ1) is 12.4. The van der Waals surface area contributed by atoms with Gasteiger partial charge in [0, 0.05) is 43.2 Å².